The van der Waals surface area contributed by atoms with Gasteiger partial charge in [0.25, 0.3) is 5.91 Å². The van der Waals surface area contributed by atoms with E-state index in [0.29, 0.717) is 28.8 Å². The number of aliphatic hydroxyl groups excluding tert-OH is 1. The van der Waals surface area contributed by atoms with Gasteiger partial charge in [-0.25, -0.2) is 4.98 Å². The van der Waals surface area contributed by atoms with E-state index in [4.69, 9.17) is 13.9 Å². The molecule has 0 unspecified atom stereocenters. The zero-order valence-corrected chi connectivity index (χ0v) is 21.5. The highest BCUT2D eigenvalue weighted by atomic mass is 16.7. The molecule has 2 atom stereocenters. The molecule has 3 heterocycles. The van der Waals surface area contributed by atoms with E-state index >= 15 is 0 Å². The van der Waals surface area contributed by atoms with E-state index in [9.17, 15) is 14.7 Å². The van der Waals surface area contributed by atoms with E-state index in [0.717, 1.165) is 22.2 Å². The minimum absolute atomic E-state index is 0.0415. The number of carbonyl (C=O) groups excluding carboxylic acids is 1. The molecular formula is C31H27N3O6. The Morgan fingerprint density at radius 2 is 1.82 bits per heavy atom. The highest BCUT2D eigenvalue weighted by molar-refractivity contribution is 5.91. The first-order chi connectivity index (χ1) is 19.6. The molecule has 9 nitrogen and oxygen atoms in total. The van der Waals surface area contributed by atoms with Crippen LogP contribution in [0.4, 0.5) is 0 Å². The Morgan fingerprint density at radius 1 is 1.05 bits per heavy atom. The van der Waals surface area contributed by atoms with E-state index < -0.39 is 18.1 Å². The van der Waals surface area contributed by atoms with Gasteiger partial charge >= 0.3 is 0 Å². The minimum Gasteiger partial charge on any atom is -0.464 e. The second kappa shape index (κ2) is 11.2. The summed E-state index contributed by atoms with van der Waals surface area (Å²) < 4.78 is 17.8. The van der Waals surface area contributed by atoms with E-state index in [1.54, 1.807) is 30.3 Å². The fourth-order valence-electron chi connectivity index (χ4n) is 4.75. The fourth-order valence-corrected chi connectivity index (χ4v) is 4.75. The van der Waals surface area contributed by atoms with Crippen molar-refractivity contribution < 1.29 is 23.8 Å². The molecule has 3 aromatic carbocycles. The number of nitrogens with zero attached hydrogens (tertiary/aromatic N) is 1. The smallest absolute Gasteiger partial charge is 0.286 e. The first-order valence-corrected chi connectivity index (χ1v) is 13.0. The van der Waals surface area contributed by atoms with Crippen molar-refractivity contribution in [3.63, 3.8) is 0 Å². The third kappa shape index (κ3) is 5.38. The Bertz CT molecular complexity index is 1720. The standard InChI is InChI=1S/C31H27N3O6/c35-16-19-9-11-20(12-10-19)17-39-29-14-21(23-18-38-26-8-4-1-5-22(26)30(23)36)13-27(40-29)31(37)32-15-28-33-24-6-2-3-7-25(24)34-28/h1-13,18,21,29,35H,14-17H2,(H,32,37)(H,33,34)/t21-,29+/m1/s1. The van der Waals surface area contributed by atoms with Crippen LogP contribution in [0.15, 0.2) is 100 Å². The van der Waals surface area contributed by atoms with Crippen LogP contribution in [0.2, 0.25) is 0 Å². The van der Waals surface area contributed by atoms with Crippen LogP contribution >= 0.6 is 0 Å². The van der Waals surface area contributed by atoms with Crippen molar-refractivity contribution in [3.8, 4) is 0 Å². The van der Waals surface area contributed by atoms with Gasteiger partial charge in [0, 0.05) is 17.9 Å². The number of nitrogens with one attached hydrogen (secondary N) is 2. The number of aromatic amines is 1. The predicted molar refractivity (Wildman–Crippen MR) is 148 cm³/mol. The molecule has 0 bridgehead atoms. The summed E-state index contributed by atoms with van der Waals surface area (Å²) in [6, 6.07) is 22.0. The van der Waals surface area contributed by atoms with Gasteiger partial charge in [0.05, 0.1) is 42.4 Å². The summed E-state index contributed by atoms with van der Waals surface area (Å²) in [4.78, 5) is 34.3. The lowest BCUT2D eigenvalue weighted by molar-refractivity contribution is -0.150. The van der Waals surface area contributed by atoms with Crippen LogP contribution in [0.5, 0.6) is 0 Å². The van der Waals surface area contributed by atoms with Gasteiger partial charge in [-0.15, -0.1) is 0 Å². The number of aliphatic hydroxyl groups is 1. The van der Waals surface area contributed by atoms with Crippen molar-refractivity contribution in [1.29, 1.82) is 0 Å². The van der Waals surface area contributed by atoms with Gasteiger partial charge < -0.3 is 29.3 Å². The monoisotopic (exact) mass is 537 g/mol. The summed E-state index contributed by atoms with van der Waals surface area (Å²) in [6.07, 6.45) is 2.62. The molecule has 5 aromatic rings. The number of H-pyrrole nitrogens is 1. The number of carbonyl (C=O) groups is 1. The predicted octanol–water partition coefficient (Wildman–Crippen LogP) is 4.41. The fraction of sp³-hybridized carbons (Fsp3) is 0.194. The van der Waals surface area contributed by atoms with Gasteiger partial charge in [0.15, 0.2) is 11.2 Å². The third-order valence-electron chi connectivity index (χ3n) is 6.88. The molecule has 202 valence electrons. The number of imidazole rings is 1. The van der Waals surface area contributed by atoms with Crippen molar-refractivity contribution in [1.82, 2.24) is 15.3 Å². The molecule has 1 amide bonds. The van der Waals surface area contributed by atoms with Crippen LogP contribution in [0.1, 0.15) is 34.9 Å². The van der Waals surface area contributed by atoms with Crippen LogP contribution in [-0.4, -0.2) is 27.3 Å². The lowest BCUT2D eigenvalue weighted by atomic mass is 9.93. The van der Waals surface area contributed by atoms with Crippen LogP contribution in [0, 0.1) is 0 Å². The number of aromatic nitrogens is 2. The summed E-state index contributed by atoms with van der Waals surface area (Å²) >= 11 is 0. The minimum atomic E-state index is -0.787. The molecule has 0 spiro atoms. The largest absolute Gasteiger partial charge is 0.464 e. The number of fused-ring (bicyclic) bond motifs is 2. The molecule has 0 saturated carbocycles. The maximum atomic E-state index is 13.3. The molecule has 0 radical (unpaired) electrons. The number of benzene rings is 3. The van der Waals surface area contributed by atoms with Gasteiger partial charge in [-0.05, 0) is 41.5 Å². The summed E-state index contributed by atoms with van der Waals surface area (Å²) in [5.41, 5.74) is 4.12. The number of amides is 1. The van der Waals surface area contributed by atoms with Crippen molar-refractivity contribution in [2.24, 2.45) is 0 Å². The highest BCUT2D eigenvalue weighted by Gasteiger charge is 2.31. The quantitative estimate of drug-likeness (QED) is 0.268. The average Bonchev–Trinajstić information content (AvgIpc) is 3.42. The van der Waals surface area contributed by atoms with E-state index in [1.165, 1.54) is 6.26 Å². The zero-order chi connectivity index (χ0) is 27.5. The van der Waals surface area contributed by atoms with Crippen LogP contribution in [0.3, 0.4) is 0 Å². The van der Waals surface area contributed by atoms with Gasteiger partial charge in [0.1, 0.15) is 11.4 Å². The number of allylic oxidation sites excluding steroid dienone is 1. The topological polar surface area (TPSA) is 127 Å². The van der Waals surface area contributed by atoms with Crippen LogP contribution < -0.4 is 10.7 Å². The number of hydrogen-bond acceptors (Lipinski definition) is 7. The molecule has 2 aromatic heterocycles. The molecular weight excluding hydrogens is 510 g/mol. The number of hydrogen-bond donors (Lipinski definition) is 3. The molecule has 1 aliphatic heterocycles. The average molecular weight is 538 g/mol. The first-order valence-electron chi connectivity index (χ1n) is 13.0. The van der Waals surface area contributed by atoms with Crippen molar-refractivity contribution in [2.75, 3.05) is 0 Å². The maximum Gasteiger partial charge on any atom is 0.286 e. The van der Waals surface area contributed by atoms with Crippen LogP contribution in [0.25, 0.3) is 22.0 Å². The van der Waals surface area contributed by atoms with Gasteiger partial charge in [-0.1, -0.05) is 48.5 Å². The van der Waals surface area contributed by atoms with E-state index in [2.05, 4.69) is 15.3 Å². The van der Waals surface area contributed by atoms with E-state index in [-0.39, 0.29) is 30.9 Å². The molecule has 9 heteroatoms. The van der Waals surface area contributed by atoms with Crippen molar-refractivity contribution in [3.05, 3.63) is 124 Å². The second-order valence-corrected chi connectivity index (χ2v) is 9.61. The molecule has 1 aliphatic rings. The molecule has 0 aliphatic carbocycles. The molecule has 0 saturated heterocycles. The lowest BCUT2D eigenvalue weighted by Gasteiger charge is -2.29. The second-order valence-electron chi connectivity index (χ2n) is 9.61. The summed E-state index contributed by atoms with van der Waals surface area (Å²) in [7, 11) is 0. The number of rotatable bonds is 8. The summed E-state index contributed by atoms with van der Waals surface area (Å²) in [5.74, 6) is -0.253. The SMILES string of the molecule is O=C(NCc1nc2ccccc2[nH]1)C1=C[C@@H](c2coc3ccccc3c2=O)C[C@@H](OCc2ccc(CO)cc2)O1. The number of para-hydroxylation sites is 3. The van der Waals surface area contributed by atoms with Crippen molar-refractivity contribution in [2.45, 2.75) is 38.4 Å². The molecule has 40 heavy (non-hydrogen) atoms. The Balaban J connectivity index is 1.24. The molecule has 6 rings (SSSR count). The lowest BCUT2D eigenvalue weighted by Crippen LogP contribution is -2.33. The zero-order valence-electron chi connectivity index (χ0n) is 21.5. The van der Waals surface area contributed by atoms with Gasteiger partial charge in [-0.3, -0.25) is 9.59 Å². The number of ether oxygens (including phenoxy) is 2. The summed E-state index contributed by atoms with van der Waals surface area (Å²) in [5, 5.41) is 12.6. The van der Waals surface area contributed by atoms with Crippen LogP contribution in [-0.2, 0) is 34.0 Å². The first kappa shape index (κ1) is 25.5. The normalized spacial score (nSPS) is 17.0. The highest BCUT2D eigenvalue weighted by Crippen LogP contribution is 2.31. The van der Waals surface area contributed by atoms with Gasteiger partial charge in [0.2, 0.25) is 6.29 Å². The third-order valence-corrected chi connectivity index (χ3v) is 6.88. The Labute approximate surface area is 229 Å². The molecule has 3 N–H and O–H groups in total. The van der Waals surface area contributed by atoms with Gasteiger partial charge in [-0.2, -0.15) is 0 Å². The van der Waals surface area contributed by atoms with E-state index in [1.807, 2.05) is 48.5 Å². The maximum absolute atomic E-state index is 13.3. The van der Waals surface area contributed by atoms with Crippen molar-refractivity contribution >= 4 is 27.9 Å². The summed E-state index contributed by atoms with van der Waals surface area (Å²) in [6.45, 7) is 0.350. The Morgan fingerprint density at radius 3 is 2.65 bits per heavy atom. The molecule has 0 fully saturated rings. The Hall–Kier alpha value is -4.73. The Kier molecular flexibility index (Phi) is 7.13.